The van der Waals surface area contributed by atoms with Gasteiger partial charge in [0, 0.05) is 9.80 Å². The standard InChI is InChI=1S/C23H30S/c1-4-6-11-19(3)23(14-7-5-2)24-22-17-15-21(16-18-22)20-12-9-8-10-13-20/h4-7,11,14-18,20H,8-10,12-13H2,1-3H3. The van der Waals surface area contributed by atoms with Gasteiger partial charge in [0.1, 0.15) is 0 Å². The highest BCUT2D eigenvalue weighted by molar-refractivity contribution is 8.03. The van der Waals surface area contributed by atoms with E-state index >= 15 is 0 Å². The van der Waals surface area contributed by atoms with Crippen LogP contribution in [0.2, 0.25) is 0 Å². The Morgan fingerprint density at radius 1 is 0.917 bits per heavy atom. The Balaban J connectivity index is 2.11. The normalized spacial score (nSPS) is 18.0. The third kappa shape index (κ3) is 5.87. The number of thioether (sulfide) groups is 1. The van der Waals surface area contributed by atoms with Crippen molar-refractivity contribution in [1.82, 2.24) is 0 Å². The number of allylic oxidation sites excluding steroid dienone is 7. The van der Waals surface area contributed by atoms with Crippen LogP contribution in [0.4, 0.5) is 0 Å². The number of benzene rings is 1. The molecule has 0 bridgehead atoms. The van der Waals surface area contributed by atoms with Crippen molar-refractivity contribution in [3.8, 4) is 0 Å². The molecule has 0 atom stereocenters. The van der Waals surface area contributed by atoms with Crippen molar-refractivity contribution >= 4 is 11.8 Å². The fourth-order valence-corrected chi connectivity index (χ4v) is 4.02. The molecule has 2 rings (SSSR count). The van der Waals surface area contributed by atoms with Gasteiger partial charge >= 0.3 is 0 Å². The quantitative estimate of drug-likeness (QED) is 0.376. The van der Waals surface area contributed by atoms with Gasteiger partial charge in [-0.2, -0.15) is 0 Å². The molecule has 0 amide bonds. The zero-order valence-corrected chi connectivity index (χ0v) is 16.1. The molecular formula is C23H30S. The van der Waals surface area contributed by atoms with Crippen LogP contribution in [0.5, 0.6) is 0 Å². The van der Waals surface area contributed by atoms with Gasteiger partial charge in [0.25, 0.3) is 0 Å². The first-order valence-corrected chi connectivity index (χ1v) is 9.97. The highest BCUT2D eigenvalue weighted by Crippen LogP contribution is 2.36. The molecule has 0 unspecified atom stereocenters. The lowest BCUT2D eigenvalue weighted by molar-refractivity contribution is 0.443. The van der Waals surface area contributed by atoms with Crippen LogP contribution in [-0.4, -0.2) is 0 Å². The predicted molar refractivity (Wildman–Crippen MR) is 110 cm³/mol. The van der Waals surface area contributed by atoms with Gasteiger partial charge in [0.05, 0.1) is 0 Å². The molecule has 1 aliphatic rings. The Kier molecular flexibility index (Phi) is 8.18. The van der Waals surface area contributed by atoms with Crippen LogP contribution < -0.4 is 0 Å². The lowest BCUT2D eigenvalue weighted by atomic mass is 9.84. The van der Waals surface area contributed by atoms with Crippen LogP contribution in [0, 0.1) is 0 Å². The minimum absolute atomic E-state index is 0.784. The second kappa shape index (κ2) is 10.4. The Hall–Kier alpha value is -1.47. The van der Waals surface area contributed by atoms with Crippen molar-refractivity contribution in [2.75, 3.05) is 0 Å². The van der Waals surface area contributed by atoms with Gasteiger partial charge in [-0.15, -0.1) is 0 Å². The molecule has 0 spiro atoms. The first kappa shape index (κ1) is 18.9. The summed E-state index contributed by atoms with van der Waals surface area (Å²) in [6.07, 6.45) is 19.7. The lowest BCUT2D eigenvalue weighted by Gasteiger charge is -2.22. The molecule has 1 aromatic carbocycles. The average molecular weight is 339 g/mol. The lowest BCUT2D eigenvalue weighted by Crippen LogP contribution is -2.04. The van der Waals surface area contributed by atoms with Gasteiger partial charge in [-0.05, 0) is 68.9 Å². The molecule has 0 radical (unpaired) electrons. The van der Waals surface area contributed by atoms with Crippen LogP contribution in [-0.2, 0) is 0 Å². The summed E-state index contributed by atoms with van der Waals surface area (Å²) in [7, 11) is 0. The van der Waals surface area contributed by atoms with Crippen molar-refractivity contribution < 1.29 is 0 Å². The predicted octanol–water partition coefficient (Wildman–Crippen LogP) is 7.81. The molecular weight excluding hydrogens is 308 g/mol. The highest BCUT2D eigenvalue weighted by Gasteiger charge is 2.15. The Morgan fingerprint density at radius 3 is 2.17 bits per heavy atom. The molecule has 1 aromatic rings. The van der Waals surface area contributed by atoms with E-state index in [2.05, 4.69) is 81.5 Å². The molecule has 0 N–H and O–H groups in total. The van der Waals surface area contributed by atoms with E-state index in [-0.39, 0.29) is 0 Å². The van der Waals surface area contributed by atoms with E-state index in [0.29, 0.717) is 0 Å². The number of hydrogen-bond acceptors (Lipinski definition) is 1. The van der Waals surface area contributed by atoms with Crippen molar-refractivity contribution in [2.45, 2.75) is 63.7 Å². The van der Waals surface area contributed by atoms with Gasteiger partial charge in [-0.3, -0.25) is 0 Å². The van der Waals surface area contributed by atoms with Gasteiger partial charge in [0.2, 0.25) is 0 Å². The molecule has 0 aliphatic heterocycles. The molecule has 0 saturated heterocycles. The van der Waals surface area contributed by atoms with Crippen molar-refractivity contribution in [3.05, 3.63) is 76.8 Å². The zero-order chi connectivity index (χ0) is 17.2. The monoisotopic (exact) mass is 338 g/mol. The van der Waals surface area contributed by atoms with E-state index in [0.717, 1.165) is 5.92 Å². The summed E-state index contributed by atoms with van der Waals surface area (Å²) in [5, 5.41) is 0. The van der Waals surface area contributed by atoms with E-state index in [1.807, 2.05) is 11.8 Å². The van der Waals surface area contributed by atoms with Crippen LogP contribution in [0.25, 0.3) is 0 Å². The molecule has 1 aliphatic carbocycles. The van der Waals surface area contributed by atoms with Gasteiger partial charge in [-0.1, -0.05) is 73.5 Å². The van der Waals surface area contributed by atoms with Gasteiger partial charge in [-0.25, -0.2) is 0 Å². The van der Waals surface area contributed by atoms with Gasteiger partial charge in [0.15, 0.2) is 0 Å². The summed E-state index contributed by atoms with van der Waals surface area (Å²) in [6.45, 7) is 6.29. The summed E-state index contributed by atoms with van der Waals surface area (Å²) >= 11 is 1.85. The summed E-state index contributed by atoms with van der Waals surface area (Å²) in [5.41, 5.74) is 2.83. The van der Waals surface area contributed by atoms with E-state index < -0.39 is 0 Å². The first-order chi connectivity index (χ1) is 11.7. The molecule has 1 fully saturated rings. The van der Waals surface area contributed by atoms with Crippen LogP contribution >= 0.6 is 11.8 Å². The largest absolute Gasteiger partial charge is 0.0898 e. The number of rotatable bonds is 6. The Morgan fingerprint density at radius 2 is 1.54 bits per heavy atom. The van der Waals surface area contributed by atoms with E-state index in [1.54, 1.807) is 0 Å². The van der Waals surface area contributed by atoms with Crippen LogP contribution in [0.15, 0.2) is 76.1 Å². The summed E-state index contributed by atoms with van der Waals surface area (Å²) < 4.78 is 0. The van der Waals surface area contributed by atoms with Gasteiger partial charge < -0.3 is 0 Å². The second-order valence-corrected chi connectivity index (χ2v) is 7.55. The third-order valence-electron chi connectivity index (χ3n) is 4.55. The average Bonchev–Trinajstić information content (AvgIpc) is 2.64. The Labute approximate surface area is 152 Å². The molecule has 0 heterocycles. The minimum Gasteiger partial charge on any atom is -0.0898 e. The topological polar surface area (TPSA) is 0 Å². The number of hydrogen-bond donors (Lipinski definition) is 0. The summed E-state index contributed by atoms with van der Waals surface area (Å²) in [5.74, 6) is 0.784. The van der Waals surface area contributed by atoms with E-state index in [4.69, 9.17) is 0 Å². The summed E-state index contributed by atoms with van der Waals surface area (Å²) in [4.78, 5) is 2.62. The molecule has 0 nitrogen and oxygen atoms in total. The van der Waals surface area contributed by atoms with Crippen LogP contribution in [0.1, 0.15) is 64.4 Å². The third-order valence-corrected chi connectivity index (χ3v) is 5.74. The van der Waals surface area contributed by atoms with Crippen molar-refractivity contribution in [2.24, 2.45) is 0 Å². The molecule has 128 valence electrons. The second-order valence-electron chi connectivity index (χ2n) is 6.44. The van der Waals surface area contributed by atoms with Crippen molar-refractivity contribution in [3.63, 3.8) is 0 Å². The zero-order valence-electron chi connectivity index (χ0n) is 15.3. The van der Waals surface area contributed by atoms with Crippen molar-refractivity contribution in [1.29, 1.82) is 0 Å². The molecule has 0 aromatic heterocycles. The smallest absolute Gasteiger partial charge is 0.0151 e. The van der Waals surface area contributed by atoms with E-state index in [9.17, 15) is 0 Å². The highest BCUT2D eigenvalue weighted by atomic mass is 32.2. The molecule has 1 heteroatoms. The van der Waals surface area contributed by atoms with Crippen LogP contribution in [0.3, 0.4) is 0 Å². The summed E-state index contributed by atoms with van der Waals surface area (Å²) in [6, 6.07) is 9.27. The first-order valence-electron chi connectivity index (χ1n) is 9.15. The maximum Gasteiger partial charge on any atom is 0.0151 e. The fraction of sp³-hybridized carbons (Fsp3) is 0.391. The fourth-order valence-electron chi connectivity index (χ4n) is 3.12. The minimum atomic E-state index is 0.784. The Bertz CT molecular complexity index is 608. The SMILES string of the molecule is CC=CC=C(C)C(=CC=CC)Sc1ccc(C2CCCCC2)cc1. The maximum absolute atomic E-state index is 2.34. The molecule has 1 saturated carbocycles. The maximum atomic E-state index is 2.34. The molecule has 24 heavy (non-hydrogen) atoms. The van der Waals surface area contributed by atoms with E-state index in [1.165, 1.54) is 53.0 Å².